The van der Waals surface area contributed by atoms with Crippen LogP contribution in [-0.2, 0) is 13.0 Å². The number of thiazole rings is 1. The highest BCUT2D eigenvalue weighted by Gasteiger charge is 2.14. The summed E-state index contributed by atoms with van der Waals surface area (Å²) in [6.45, 7) is 0.580. The van der Waals surface area contributed by atoms with Gasteiger partial charge in [-0.3, -0.25) is 10.1 Å². The summed E-state index contributed by atoms with van der Waals surface area (Å²) in [5, 5.41) is 14.4. The molecule has 0 bridgehead atoms. The summed E-state index contributed by atoms with van der Waals surface area (Å²) in [5.74, 6) is -0.397. The number of fused-ring (bicyclic) bond motifs is 1. The van der Waals surface area contributed by atoms with Crippen LogP contribution in [0.15, 0.2) is 89.4 Å². The van der Waals surface area contributed by atoms with E-state index < -0.39 is 10.7 Å². The number of rotatable bonds is 6. The minimum absolute atomic E-state index is 0.0227. The van der Waals surface area contributed by atoms with E-state index in [0.29, 0.717) is 17.8 Å². The number of benzene rings is 3. The van der Waals surface area contributed by atoms with Gasteiger partial charge >= 0.3 is 0 Å². The monoisotopic (exact) mass is 458 g/mol. The fraction of sp³-hybridized carbons (Fsp3) is 0.0800. The zero-order chi connectivity index (χ0) is 22.8. The quantitative estimate of drug-likeness (QED) is 0.242. The van der Waals surface area contributed by atoms with Crippen molar-refractivity contribution < 1.29 is 9.31 Å². The lowest BCUT2D eigenvalue weighted by atomic mass is 10.1. The highest BCUT2D eigenvalue weighted by atomic mass is 32.1. The highest BCUT2D eigenvalue weighted by Crippen LogP contribution is 2.26. The third kappa shape index (κ3) is 4.20. The maximum atomic E-state index is 14.3. The Kier molecular flexibility index (Phi) is 5.58. The summed E-state index contributed by atoms with van der Waals surface area (Å²) in [5.41, 5.74) is 4.03. The van der Waals surface area contributed by atoms with Crippen molar-refractivity contribution in [3.8, 4) is 11.3 Å². The second-order valence-corrected chi connectivity index (χ2v) is 8.37. The smallest absolute Gasteiger partial charge is 0.270 e. The third-order valence-corrected chi connectivity index (χ3v) is 6.36. The molecule has 0 amide bonds. The van der Waals surface area contributed by atoms with Gasteiger partial charge in [-0.25, -0.2) is 9.38 Å². The zero-order valence-electron chi connectivity index (χ0n) is 17.4. The standard InChI is InChI=1S/C25H19FN4O2S/c26-21-9-2-4-11-23(21)28-25-29(13-12-18-15-27-22-10-3-1-8-20(18)22)24(16-33-25)17-6-5-7-19(14-17)30(31)32/h1-11,14-16,27H,12-13H2. The Morgan fingerprint density at radius 2 is 1.88 bits per heavy atom. The lowest BCUT2D eigenvalue weighted by Crippen LogP contribution is -2.17. The number of hydrogen-bond acceptors (Lipinski definition) is 4. The zero-order valence-corrected chi connectivity index (χ0v) is 18.3. The Balaban J connectivity index is 1.60. The molecule has 0 saturated carbocycles. The van der Waals surface area contributed by atoms with Gasteiger partial charge in [0, 0.05) is 46.7 Å². The summed E-state index contributed by atoms with van der Waals surface area (Å²) >= 11 is 1.38. The molecule has 5 rings (SSSR count). The summed E-state index contributed by atoms with van der Waals surface area (Å²) < 4.78 is 16.3. The van der Waals surface area contributed by atoms with E-state index in [1.807, 2.05) is 40.4 Å². The number of aromatic nitrogens is 2. The van der Waals surface area contributed by atoms with Crippen molar-refractivity contribution in [3.05, 3.63) is 111 Å². The summed E-state index contributed by atoms with van der Waals surface area (Å²) in [6.07, 6.45) is 2.71. The first-order chi connectivity index (χ1) is 16.1. The van der Waals surface area contributed by atoms with Crippen LogP contribution in [0.4, 0.5) is 15.8 Å². The number of non-ortho nitro benzene ring substituents is 1. The summed E-state index contributed by atoms with van der Waals surface area (Å²) in [4.78, 5) is 19.4. The maximum absolute atomic E-state index is 14.3. The Morgan fingerprint density at radius 3 is 2.73 bits per heavy atom. The molecule has 6 nitrogen and oxygen atoms in total. The van der Waals surface area contributed by atoms with Crippen LogP contribution in [0.5, 0.6) is 0 Å². The van der Waals surface area contributed by atoms with Crippen LogP contribution in [0, 0.1) is 15.9 Å². The molecule has 164 valence electrons. The number of hydrogen-bond donors (Lipinski definition) is 1. The van der Waals surface area contributed by atoms with Crippen LogP contribution in [0.2, 0.25) is 0 Å². The van der Waals surface area contributed by atoms with Gasteiger partial charge in [0.1, 0.15) is 11.5 Å². The van der Waals surface area contributed by atoms with Gasteiger partial charge < -0.3 is 9.55 Å². The number of nitro groups is 1. The average molecular weight is 459 g/mol. The number of aryl methyl sites for hydroxylation is 1. The topological polar surface area (TPSA) is 76.2 Å². The molecule has 0 radical (unpaired) electrons. The number of halogens is 1. The van der Waals surface area contributed by atoms with Crippen LogP contribution in [0.25, 0.3) is 22.2 Å². The molecule has 0 unspecified atom stereocenters. The van der Waals surface area contributed by atoms with Gasteiger partial charge in [-0.05, 0) is 30.2 Å². The Bertz CT molecular complexity index is 1530. The van der Waals surface area contributed by atoms with Gasteiger partial charge in [0.25, 0.3) is 5.69 Å². The van der Waals surface area contributed by atoms with Crippen molar-refractivity contribution in [1.29, 1.82) is 0 Å². The number of nitrogens with one attached hydrogen (secondary N) is 1. The molecule has 0 aliphatic rings. The number of H-pyrrole nitrogens is 1. The molecular weight excluding hydrogens is 439 g/mol. The molecule has 5 aromatic rings. The van der Waals surface area contributed by atoms with E-state index in [4.69, 9.17) is 0 Å². The first-order valence-electron chi connectivity index (χ1n) is 10.4. The van der Waals surface area contributed by atoms with Gasteiger partial charge in [0.15, 0.2) is 4.80 Å². The molecule has 2 heterocycles. The predicted molar refractivity (Wildman–Crippen MR) is 128 cm³/mol. The fourth-order valence-electron chi connectivity index (χ4n) is 3.86. The van der Waals surface area contributed by atoms with Crippen LogP contribution >= 0.6 is 11.3 Å². The van der Waals surface area contributed by atoms with Gasteiger partial charge in [-0.1, -0.05) is 42.5 Å². The van der Waals surface area contributed by atoms with Crippen molar-refractivity contribution >= 4 is 33.6 Å². The van der Waals surface area contributed by atoms with Crippen LogP contribution < -0.4 is 4.80 Å². The summed E-state index contributed by atoms with van der Waals surface area (Å²) in [6, 6.07) is 21.0. The average Bonchev–Trinajstić information content (AvgIpc) is 3.43. The molecule has 1 N–H and O–H groups in total. The lowest BCUT2D eigenvalue weighted by molar-refractivity contribution is -0.384. The van der Waals surface area contributed by atoms with Gasteiger partial charge in [-0.2, -0.15) is 0 Å². The predicted octanol–water partition coefficient (Wildman–Crippen LogP) is 6.22. The molecule has 0 fully saturated rings. The van der Waals surface area contributed by atoms with E-state index in [-0.39, 0.29) is 11.4 Å². The lowest BCUT2D eigenvalue weighted by Gasteiger charge is -2.09. The van der Waals surface area contributed by atoms with Crippen molar-refractivity contribution in [2.24, 2.45) is 4.99 Å². The Labute approximate surface area is 192 Å². The molecule has 33 heavy (non-hydrogen) atoms. The van der Waals surface area contributed by atoms with Gasteiger partial charge in [0.2, 0.25) is 0 Å². The van der Waals surface area contributed by atoms with Crippen molar-refractivity contribution in [2.45, 2.75) is 13.0 Å². The molecule has 8 heteroatoms. The Morgan fingerprint density at radius 1 is 1.06 bits per heavy atom. The van der Waals surface area contributed by atoms with Crippen LogP contribution in [-0.4, -0.2) is 14.5 Å². The minimum atomic E-state index is -0.406. The second-order valence-electron chi connectivity index (χ2n) is 7.54. The minimum Gasteiger partial charge on any atom is -0.361 e. The molecule has 0 aliphatic heterocycles. The van der Waals surface area contributed by atoms with E-state index in [1.165, 1.54) is 23.5 Å². The van der Waals surface area contributed by atoms with E-state index in [2.05, 4.69) is 16.0 Å². The van der Waals surface area contributed by atoms with E-state index in [0.717, 1.165) is 27.7 Å². The second kappa shape index (κ2) is 8.84. The highest BCUT2D eigenvalue weighted by molar-refractivity contribution is 7.07. The number of para-hydroxylation sites is 2. The van der Waals surface area contributed by atoms with Gasteiger partial charge in [0.05, 0.1) is 10.6 Å². The van der Waals surface area contributed by atoms with Crippen molar-refractivity contribution in [1.82, 2.24) is 9.55 Å². The van der Waals surface area contributed by atoms with Crippen LogP contribution in [0.3, 0.4) is 0 Å². The Hall–Kier alpha value is -4.04. The SMILES string of the molecule is O=[N+]([O-])c1cccc(-c2csc(=Nc3ccccc3F)n2CCc2c[nH]c3ccccc23)c1. The number of aromatic amines is 1. The largest absolute Gasteiger partial charge is 0.361 e. The number of nitro benzene ring substituents is 1. The van der Waals surface area contributed by atoms with Gasteiger partial charge in [-0.15, -0.1) is 11.3 Å². The molecular formula is C25H19FN4O2S. The molecule has 3 aromatic carbocycles. The molecule has 0 aliphatic carbocycles. The summed E-state index contributed by atoms with van der Waals surface area (Å²) in [7, 11) is 0. The fourth-order valence-corrected chi connectivity index (χ4v) is 4.81. The van der Waals surface area contributed by atoms with Crippen molar-refractivity contribution in [2.75, 3.05) is 0 Å². The van der Waals surface area contributed by atoms with Crippen molar-refractivity contribution in [3.63, 3.8) is 0 Å². The first-order valence-corrected chi connectivity index (χ1v) is 11.3. The van der Waals surface area contributed by atoms with Crippen LogP contribution in [0.1, 0.15) is 5.56 Å². The molecule has 0 saturated heterocycles. The number of nitrogens with zero attached hydrogens (tertiary/aromatic N) is 3. The molecule has 0 spiro atoms. The van der Waals surface area contributed by atoms with E-state index in [1.54, 1.807) is 30.3 Å². The van der Waals surface area contributed by atoms with E-state index in [9.17, 15) is 14.5 Å². The third-order valence-electron chi connectivity index (χ3n) is 5.50. The maximum Gasteiger partial charge on any atom is 0.270 e. The molecule has 2 aromatic heterocycles. The van der Waals surface area contributed by atoms with E-state index >= 15 is 0 Å². The molecule has 0 atom stereocenters. The first kappa shape index (κ1) is 20.8. The normalized spacial score (nSPS) is 11.8.